The molecule has 0 aromatic carbocycles. The van der Waals surface area contributed by atoms with Gasteiger partial charge in [-0.3, -0.25) is 4.98 Å². The van der Waals surface area contributed by atoms with Gasteiger partial charge in [0.2, 0.25) is 0 Å². The van der Waals surface area contributed by atoms with Crippen LogP contribution >= 0.6 is 0 Å². The molecular formula is C13H16N4O3. The van der Waals surface area contributed by atoms with Gasteiger partial charge < -0.3 is 9.47 Å². The van der Waals surface area contributed by atoms with Gasteiger partial charge >= 0.3 is 5.97 Å². The lowest BCUT2D eigenvalue weighted by atomic mass is 10.1. The number of esters is 1. The van der Waals surface area contributed by atoms with Crippen LogP contribution in [0.1, 0.15) is 23.5 Å². The van der Waals surface area contributed by atoms with Gasteiger partial charge in [-0.05, 0) is 19.1 Å². The van der Waals surface area contributed by atoms with E-state index in [0.29, 0.717) is 12.3 Å². The third kappa shape index (κ3) is 2.67. The van der Waals surface area contributed by atoms with E-state index in [0.717, 1.165) is 5.56 Å². The van der Waals surface area contributed by atoms with Gasteiger partial charge in [0.25, 0.3) is 0 Å². The Morgan fingerprint density at radius 1 is 1.35 bits per heavy atom. The fourth-order valence-corrected chi connectivity index (χ4v) is 1.93. The maximum absolute atomic E-state index is 11.8. The Balaban J connectivity index is 2.54. The largest absolute Gasteiger partial charge is 0.464 e. The molecule has 0 spiro atoms. The molecule has 0 bridgehead atoms. The van der Waals surface area contributed by atoms with Crippen LogP contribution in [-0.2, 0) is 9.47 Å². The van der Waals surface area contributed by atoms with Crippen LogP contribution in [0, 0.1) is 0 Å². The van der Waals surface area contributed by atoms with Crippen molar-refractivity contribution in [2.24, 2.45) is 0 Å². The molecule has 7 nitrogen and oxygen atoms in total. The molecule has 20 heavy (non-hydrogen) atoms. The fraction of sp³-hybridized carbons (Fsp3) is 0.385. The Morgan fingerprint density at radius 2 is 2.05 bits per heavy atom. The molecule has 2 rings (SSSR count). The Hall–Kier alpha value is -2.28. The zero-order valence-corrected chi connectivity index (χ0v) is 11.6. The molecule has 0 aliphatic rings. The first kappa shape index (κ1) is 14.1. The van der Waals surface area contributed by atoms with Gasteiger partial charge in [-0.15, -0.1) is 5.10 Å². The minimum absolute atomic E-state index is 0.0610. The van der Waals surface area contributed by atoms with Crippen molar-refractivity contribution in [3.05, 3.63) is 30.2 Å². The number of aromatic nitrogens is 4. The molecule has 0 saturated heterocycles. The van der Waals surface area contributed by atoms with Gasteiger partial charge in [-0.2, -0.15) is 0 Å². The second-order valence-electron chi connectivity index (χ2n) is 4.26. The highest BCUT2D eigenvalue weighted by Gasteiger charge is 2.24. The lowest BCUT2D eigenvalue weighted by molar-refractivity contribution is 0.0595. The molecule has 106 valence electrons. The molecule has 0 radical (unpaired) electrons. The zero-order chi connectivity index (χ0) is 14.5. The van der Waals surface area contributed by atoms with Crippen molar-refractivity contribution < 1.29 is 14.3 Å². The van der Waals surface area contributed by atoms with Crippen molar-refractivity contribution in [2.75, 3.05) is 20.8 Å². The quantitative estimate of drug-likeness (QED) is 0.767. The molecule has 0 amide bonds. The molecule has 0 saturated carbocycles. The zero-order valence-electron chi connectivity index (χ0n) is 11.6. The van der Waals surface area contributed by atoms with Gasteiger partial charge in [-0.25, -0.2) is 9.48 Å². The van der Waals surface area contributed by atoms with Gasteiger partial charge in [0.05, 0.1) is 19.8 Å². The van der Waals surface area contributed by atoms with Crippen molar-refractivity contribution in [1.29, 1.82) is 0 Å². The summed E-state index contributed by atoms with van der Waals surface area (Å²) in [5, 5.41) is 7.97. The number of pyridine rings is 1. The lowest BCUT2D eigenvalue weighted by Crippen LogP contribution is -2.14. The van der Waals surface area contributed by atoms with E-state index in [1.165, 1.54) is 7.11 Å². The molecule has 1 unspecified atom stereocenters. The number of rotatable bonds is 5. The summed E-state index contributed by atoms with van der Waals surface area (Å²) < 4.78 is 11.5. The second kappa shape index (κ2) is 6.25. The summed E-state index contributed by atoms with van der Waals surface area (Å²) in [6, 6.07) is 3.52. The van der Waals surface area contributed by atoms with Crippen LogP contribution in [0.4, 0.5) is 0 Å². The van der Waals surface area contributed by atoms with E-state index in [1.54, 1.807) is 36.3 Å². The summed E-state index contributed by atoms with van der Waals surface area (Å²) in [5.41, 5.74) is 1.58. The molecule has 0 aliphatic carbocycles. The highest BCUT2D eigenvalue weighted by Crippen LogP contribution is 2.25. The van der Waals surface area contributed by atoms with E-state index < -0.39 is 5.97 Å². The molecule has 0 aliphatic heterocycles. The summed E-state index contributed by atoms with van der Waals surface area (Å²) in [7, 11) is 2.93. The fourth-order valence-electron chi connectivity index (χ4n) is 1.93. The number of ether oxygens (including phenoxy) is 2. The molecule has 0 fully saturated rings. The second-order valence-corrected chi connectivity index (χ2v) is 4.26. The van der Waals surface area contributed by atoms with Crippen LogP contribution < -0.4 is 0 Å². The van der Waals surface area contributed by atoms with Crippen LogP contribution in [0.25, 0.3) is 11.3 Å². The SMILES string of the molecule is COCC(C)n1nnc(C(=O)OC)c1-c1ccncc1. The summed E-state index contributed by atoms with van der Waals surface area (Å²) in [6.45, 7) is 2.39. The molecule has 2 aromatic heterocycles. The van der Waals surface area contributed by atoms with Crippen molar-refractivity contribution in [1.82, 2.24) is 20.0 Å². The van der Waals surface area contributed by atoms with Gasteiger partial charge in [0, 0.05) is 25.1 Å². The highest BCUT2D eigenvalue weighted by atomic mass is 16.5. The van der Waals surface area contributed by atoms with Gasteiger partial charge in [0.15, 0.2) is 5.69 Å². The van der Waals surface area contributed by atoms with E-state index in [2.05, 4.69) is 15.3 Å². The average molecular weight is 276 g/mol. The van der Waals surface area contributed by atoms with Gasteiger partial charge in [-0.1, -0.05) is 5.21 Å². The van der Waals surface area contributed by atoms with Gasteiger partial charge in [0.1, 0.15) is 5.69 Å². The number of hydrogen-bond donors (Lipinski definition) is 0. The Labute approximate surface area is 116 Å². The summed E-state index contributed by atoms with van der Waals surface area (Å²) in [4.78, 5) is 15.8. The first-order valence-corrected chi connectivity index (χ1v) is 6.11. The predicted molar refractivity (Wildman–Crippen MR) is 71.2 cm³/mol. The van der Waals surface area contributed by atoms with Crippen molar-refractivity contribution >= 4 is 5.97 Å². The van der Waals surface area contributed by atoms with Crippen LogP contribution in [0.3, 0.4) is 0 Å². The lowest BCUT2D eigenvalue weighted by Gasteiger charge is -2.14. The number of hydrogen-bond acceptors (Lipinski definition) is 6. The van der Waals surface area contributed by atoms with Crippen LogP contribution in [0.5, 0.6) is 0 Å². The van der Waals surface area contributed by atoms with Crippen molar-refractivity contribution in [3.8, 4) is 11.3 Å². The number of nitrogens with zero attached hydrogens (tertiary/aromatic N) is 4. The van der Waals surface area contributed by atoms with Crippen LogP contribution in [0.15, 0.2) is 24.5 Å². The minimum atomic E-state index is -0.521. The number of carbonyl (C=O) groups is 1. The van der Waals surface area contributed by atoms with E-state index in [4.69, 9.17) is 9.47 Å². The maximum Gasteiger partial charge on any atom is 0.360 e. The van der Waals surface area contributed by atoms with E-state index in [-0.39, 0.29) is 11.7 Å². The summed E-state index contributed by atoms with van der Waals surface area (Å²) in [5.74, 6) is -0.521. The summed E-state index contributed by atoms with van der Waals surface area (Å²) in [6.07, 6.45) is 3.30. The van der Waals surface area contributed by atoms with Crippen molar-refractivity contribution in [2.45, 2.75) is 13.0 Å². The van der Waals surface area contributed by atoms with E-state index >= 15 is 0 Å². The van der Waals surface area contributed by atoms with Crippen LogP contribution in [0.2, 0.25) is 0 Å². The molecule has 0 N–H and O–H groups in total. The molecule has 7 heteroatoms. The smallest absolute Gasteiger partial charge is 0.360 e. The monoisotopic (exact) mass is 276 g/mol. The first-order chi connectivity index (χ1) is 9.69. The minimum Gasteiger partial charge on any atom is -0.464 e. The summed E-state index contributed by atoms with van der Waals surface area (Å²) >= 11 is 0. The topological polar surface area (TPSA) is 79.1 Å². The maximum atomic E-state index is 11.8. The molecular weight excluding hydrogens is 260 g/mol. The predicted octanol–water partition coefficient (Wildman–Crippen LogP) is 1.33. The number of carbonyl (C=O) groups excluding carboxylic acids is 1. The van der Waals surface area contributed by atoms with Crippen molar-refractivity contribution in [3.63, 3.8) is 0 Å². The van der Waals surface area contributed by atoms with E-state index in [1.807, 2.05) is 6.92 Å². The molecule has 2 aromatic rings. The highest BCUT2D eigenvalue weighted by molar-refractivity contribution is 5.93. The Kier molecular flexibility index (Phi) is 4.41. The average Bonchev–Trinajstić information content (AvgIpc) is 2.92. The Morgan fingerprint density at radius 3 is 2.65 bits per heavy atom. The molecule has 2 heterocycles. The third-order valence-corrected chi connectivity index (χ3v) is 2.85. The Bertz CT molecular complexity index is 583. The molecule has 1 atom stereocenters. The van der Waals surface area contributed by atoms with Crippen LogP contribution in [-0.4, -0.2) is 46.8 Å². The number of methoxy groups -OCH3 is 2. The first-order valence-electron chi connectivity index (χ1n) is 6.11. The third-order valence-electron chi connectivity index (χ3n) is 2.85. The van der Waals surface area contributed by atoms with E-state index in [9.17, 15) is 4.79 Å². The standard InChI is InChI=1S/C13H16N4O3/c1-9(8-19-2)17-12(10-4-6-14-7-5-10)11(15-16-17)13(18)20-3/h4-7,9H,8H2,1-3H3. The normalized spacial score (nSPS) is 12.2.